The average molecular weight is 454 g/mol. The van der Waals surface area contributed by atoms with Crippen LogP contribution in [0.1, 0.15) is 23.7 Å². The van der Waals surface area contributed by atoms with Gasteiger partial charge in [0.05, 0.1) is 19.2 Å². The van der Waals surface area contributed by atoms with Gasteiger partial charge in [-0.05, 0) is 65.3 Å². The molecule has 2 atom stereocenters. The Morgan fingerprint density at radius 3 is 3.00 bits per heavy atom. The van der Waals surface area contributed by atoms with Crippen molar-refractivity contribution >= 4 is 28.7 Å². The predicted octanol–water partition coefficient (Wildman–Crippen LogP) is 3.09. The molecule has 1 amide bonds. The summed E-state index contributed by atoms with van der Waals surface area (Å²) in [6, 6.07) is 9.44. The molecule has 6 nitrogen and oxygen atoms in total. The third kappa shape index (κ3) is 4.60. The van der Waals surface area contributed by atoms with E-state index in [2.05, 4.69) is 33.6 Å². The second kappa shape index (κ2) is 8.01. The Balaban J connectivity index is 1.64. The zero-order valence-corrected chi connectivity index (χ0v) is 15.7. The molecule has 0 bridgehead atoms. The molecule has 2 N–H and O–H groups in total. The zero-order chi connectivity index (χ0) is 17.8. The third-order valence-corrected chi connectivity index (χ3v) is 4.88. The number of aliphatic hydroxyl groups is 1. The fourth-order valence-electron chi connectivity index (χ4n) is 2.91. The van der Waals surface area contributed by atoms with Crippen molar-refractivity contribution in [2.75, 3.05) is 13.1 Å². The lowest BCUT2D eigenvalue weighted by Crippen LogP contribution is -2.42. The van der Waals surface area contributed by atoms with E-state index in [1.54, 1.807) is 24.5 Å². The van der Waals surface area contributed by atoms with Crippen LogP contribution < -0.4 is 4.74 Å². The number of fused-ring (bicyclic) bond motifs is 1. The highest BCUT2D eigenvalue weighted by molar-refractivity contribution is 14.1. The SMILES string of the molecule is O=C(O)N(C[C@H]1CCc2cc(I)ccc2O1)C[C@@H](O)c1cccnc1. The van der Waals surface area contributed by atoms with Gasteiger partial charge in [0.25, 0.3) is 0 Å². The molecule has 3 rings (SSSR count). The van der Waals surface area contributed by atoms with E-state index in [9.17, 15) is 15.0 Å². The highest BCUT2D eigenvalue weighted by Gasteiger charge is 2.26. The number of aliphatic hydroxyl groups excluding tert-OH is 1. The van der Waals surface area contributed by atoms with Gasteiger partial charge in [0.15, 0.2) is 0 Å². The van der Waals surface area contributed by atoms with Gasteiger partial charge < -0.3 is 19.8 Å². The van der Waals surface area contributed by atoms with Crippen LogP contribution in [0.25, 0.3) is 0 Å². The van der Waals surface area contributed by atoms with Gasteiger partial charge in [0.1, 0.15) is 11.9 Å². The number of halogens is 1. The summed E-state index contributed by atoms with van der Waals surface area (Å²) in [5, 5.41) is 19.7. The van der Waals surface area contributed by atoms with Gasteiger partial charge >= 0.3 is 6.09 Å². The zero-order valence-electron chi connectivity index (χ0n) is 13.5. The molecule has 0 spiro atoms. The number of pyridine rings is 1. The lowest BCUT2D eigenvalue weighted by molar-refractivity contribution is 0.0656. The number of carboxylic acid groups (broad SMARTS) is 1. The maximum Gasteiger partial charge on any atom is 0.407 e. The molecule has 1 aliphatic heterocycles. The van der Waals surface area contributed by atoms with Crippen LogP contribution in [0.15, 0.2) is 42.7 Å². The number of hydrogen-bond acceptors (Lipinski definition) is 4. The molecule has 7 heteroatoms. The summed E-state index contributed by atoms with van der Waals surface area (Å²) in [6.07, 6.45) is 2.56. The molecule has 0 unspecified atom stereocenters. The molecule has 1 aliphatic rings. The smallest absolute Gasteiger partial charge is 0.407 e. The molecule has 2 heterocycles. The standard InChI is InChI=1S/C18H19IN2O4/c19-14-4-6-17-12(8-14)3-5-15(25-17)10-21(18(23)24)11-16(22)13-2-1-7-20-9-13/h1-2,4,6-9,15-16,22H,3,5,10-11H2,(H,23,24)/t15-,16-/m1/s1. The van der Waals surface area contributed by atoms with Gasteiger partial charge in [0.2, 0.25) is 0 Å². The van der Waals surface area contributed by atoms with Gasteiger partial charge in [-0.3, -0.25) is 4.98 Å². The fourth-order valence-corrected chi connectivity index (χ4v) is 3.46. The van der Waals surface area contributed by atoms with Crippen LogP contribution >= 0.6 is 22.6 Å². The molecular formula is C18H19IN2O4. The molecule has 25 heavy (non-hydrogen) atoms. The van der Waals surface area contributed by atoms with Crippen LogP contribution in [0.4, 0.5) is 4.79 Å². The number of hydrogen-bond donors (Lipinski definition) is 2. The first kappa shape index (κ1) is 17.9. The van der Waals surface area contributed by atoms with Gasteiger partial charge in [-0.15, -0.1) is 0 Å². The van der Waals surface area contributed by atoms with Crippen molar-refractivity contribution in [3.05, 3.63) is 57.4 Å². The number of carbonyl (C=O) groups is 1. The van der Waals surface area contributed by atoms with E-state index < -0.39 is 12.2 Å². The van der Waals surface area contributed by atoms with Gasteiger partial charge in [-0.1, -0.05) is 6.07 Å². The van der Waals surface area contributed by atoms with Crippen molar-refractivity contribution < 1.29 is 19.7 Å². The second-order valence-corrected chi connectivity index (χ2v) is 7.27. The highest BCUT2D eigenvalue weighted by Crippen LogP contribution is 2.29. The number of nitrogens with zero attached hydrogens (tertiary/aromatic N) is 2. The molecule has 2 aromatic rings. The van der Waals surface area contributed by atoms with E-state index in [-0.39, 0.29) is 19.2 Å². The minimum atomic E-state index is -1.07. The normalized spacial score (nSPS) is 17.3. The quantitative estimate of drug-likeness (QED) is 0.679. The number of ether oxygens (including phenoxy) is 1. The van der Waals surface area contributed by atoms with Crippen LogP contribution in [0.3, 0.4) is 0 Å². The summed E-state index contributed by atoms with van der Waals surface area (Å²) in [5.41, 5.74) is 1.75. The molecule has 1 aromatic heterocycles. The largest absolute Gasteiger partial charge is 0.488 e. The van der Waals surface area contributed by atoms with Gasteiger partial charge in [-0.2, -0.15) is 0 Å². The molecule has 0 radical (unpaired) electrons. The van der Waals surface area contributed by atoms with Crippen LogP contribution in [0.5, 0.6) is 5.75 Å². The topological polar surface area (TPSA) is 82.9 Å². The monoisotopic (exact) mass is 454 g/mol. The molecule has 0 saturated carbocycles. The van der Waals surface area contributed by atoms with Crippen LogP contribution in [-0.2, 0) is 6.42 Å². The van der Waals surface area contributed by atoms with Crippen molar-refractivity contribution in [2.45, 2.75) is 25.0 Å². The maximum absolute atomic E-state index is 11.6. The summed E-state index contributed by atoms with van der Waals surface area (Å²) < 4.78 is 7.11. The lowest BCUT2D eigenvalue weighted by Gasteiger charge is -2.31. The Labute approximate surface area is 159 Å². The third-order valence-electron chi connectivity index (χ3n) is 4.21. The molecule has 1 aromatic carbocycles. The fraction of sp³-hybridized carbons (Fsp3) is 0.333. The Hall–Kier alpha value is -1.87. The van der Waals surface area contributed by atoms with Gasteiger partial charge in [-0.25, -0.2) is 4.79 Å². The van der Waals surface area contributed by atoms with E-state index in [0.29, 0.717) is 5.56 Å². The maximum atomic E-state index is 11.6. The summed E-state index contributed by atoms with van der Waals surface area (Å²) in [4.78, 5) is 16.7. The van der Waals surface area contributed by atoms with Crippen molar-refractivity contribution in [3.8, 4) is 5.75 Å². The summed E-state index contributed by atoms with van der Waals surface area (Å²) in [5.74, 6) is 0.815. The van der Waals surface area contributed by atoms with Crippen molar-refractivity contribution in [2.24, 2.45) is 0 Å². The van der Waals surface area contributed by atoms with E-state index in [0.717, 1.165) is 27.7 Å². The van der Waals surface area contributed by atoms with Gasteiger partial charge in [0, 0.05) is 21.5 Å². The number of aromatic nitrogens is 1. The van der Waals surface area contributed by atoms with Crippen LogP contribution in [0.2, 0.25) is 0 Å². The van der Waals surface area contributed by atoms with Crippen LogP contribution in [-0.4, -0.2) is 45.4 Å². The number of aryl methyl sites for hydroxylation is 1. The molecular weight excluding hydrogens is 435 g/mol. The van der Waals surface area contributed by atoms with Crippen LogP contribution in [0, 0.1) is 3.57 Å². The minimum Gasteiger partial charge on any atom is -0.488 e. The second-order valence-electron chi connectivity index (χ2n) is 6.02. The minimum absolute atomic E-state index is 0.0135. The predicted molar refractivity (Wildman–Crippen MR) is 101 cm³/mol. The Morgan fingerprint density at radius 2 is 2.28 bits per heavy atom. The first-order chi connectivity index (χ1) is 12.0. The lowest BCUT2D eigenvalue weighted by atomic mass is 10.0. The number of amides is 1. The molecule has 0 aliphatic carbocycles. The van der Waals surface area contributed by atoms with E-state index in [1.807, 2.05) is 12.1 Å². The van der Waals surface area contributed by atoms with E-state index in [4.69, 9.17) is 4.74 Å². The Bertz CT molecular complexity index is 741. The molecule has 0 fully saturated rings. The van der Waals surface area contributed by atoms with Crippen molar-refractivity contribution in [1.29, 1.82) is 0 Å². The average Bonchev–Trinajstić information content (AvgIpc) is 2.61. The van der Waals surface area contributed by atoms with E-state index >= 15 is 0 Å². The summed E-state index contributed by atoms with van der Waals surface area (Å²) >= 11 is 2.26. The summed E-state index contributed by atoms with van der Waals surface area (Å²) in [6.45, 7) is 0.207. The van der Waals surface area contributed by atoms with E-state index in [1.165, 1.54) is 4.90 Å². The molecule has 132 valence electrons. The number of benzene rings is 1. The Kier molecular flexibility index (Phi) is 5.74. The molecule has 0 saturated heterocycles. The summed E-state index contributed by atoms with van der Waals surface area (Å²) in [7, 11) is 0. The first-order valence-corrected chi connectivity index (χ1v) is 9.11. The van der Waals surface area contributed by atoms with Crippen molar-refractivity contribution in [1.82, 2.24) is 9.88 Å². The first-order valence-electron chi connectivity index (χ1n) is 8.04. The number of rotatable bonds is 5. The van der Waals surface area contributed by atoms with Crippen molar-refractivity contribution in [3.63, 3.8) is 0 Å². The Morgan fingerprint density at radius 1 is 1.44 bits per heavy atom. The highest BCUT2D eigenvalue weighted by atomic mass is 127.